The van der Waals surface area contributed by atoms with E-state index in [1.54, 1.807) is 60.7 Å². The van der Waals surface area contributed by atoms with Gasteiger partial charge in [0.05, 0.1) is 11.1 Å². The predicted molar refractivity (Wildman–Crippen MR) is 111 cm³/mol. The molecule has 1 aliphatic rings. The average molecular weight is 463 g/mol. The van der Waals surface area contributed by atoms with E-state index >= 15 is 0 Å². The van der Waals surface area contributed by atoms with E-state index in [4.69, 9.17) is 10.2 Å². The normalized spacial score (nSPS) is 13.2. The van der Waals surface area contributed by atoms with Gasteiger partial charge in [-0.1, -0.05) is 69.5 Å². The Morgan fingerprint density at radius 2 is 1.10 bits per heavy atom. The van der Waals surface area contributed by atoms with Crippen LogP contribution in [0.1, 0.15) is 55.3 Å². The van der Waals surface area contributed by atoms with Gasteiger partial charge in [0.2, 0.25) is 0 Å². The molecule has 0 aromatic heterocycles. The maximum atomic E-state index is 10.2. The molecule has 30 heavy (non-hydrogen) atoms. The van der Waals surface area contributed by atoms with Crippen molar-refractivity contribution in [1.82, 2.24) is 0 Å². The maximum absolute atomic E-state index is 10.2. The van der Waals surface area contributed by atoms with Crippen molar-refractivity contribution in [1.29, 1.82) is 0 Å². The average Bonchev–Trinajstić information content (AvgIpc) is 2.85. The van der Waals surface area contributed by atoms with Gasteiger partial charge in [0.1, 0.15) is 0 Å². The number of aromatic carboxylic acids is 2. The minimum atomic E-state index is -0.879. The predicted octanol–water partition coefficient (Wildman–Crippen LogP) is 2.88. The number of carbonyl (C=O) groups is 2. The number of benzene rings is 2. The van der Waals surface area contributed by atoms with Gasteiger partial charge < -0.3 is 22.6 Å². The summed E-state index contributed by atoms with van der Waals surface area (Å²) in [5, 5.41) is 16.8. The van der Waals surface area contributed by atoms with Gasteiger partial charge in [-0.25, -0.2) is 15.2 Å². The van der Waals surface area contributed by atoms with Gasteiger partial charge in [0, 0.05) is 21.7 Å². The van der Waals surface area contributed by atoms with Gasteiger partial charge in [-0.15, -0.1) is 6.92 Å². The van der Waals surface area contributed by atoms with Gasteiger partial charge in [0.15, 0.2) is 0 Å². The second-order valence-electron chi connectivity index (χ2n) is 6.97. The number of carboxylic acids is 2. The second-order valence-corrected chi connectivity index (χ2v) is 6.97. The first-order valence-corrected chi connectivity index (χ1v) is 8.93. The van der Waals surface area contributed by atoms with E-state index in [1.165, 1.54) is 16.7 Å². The Kier molecular flexibility index (Phi) is 14.0. The summed E-state index contributed by atoms with van der Waals surface area (Å²) in [5.74, 6) is -1.76. The van der Waals surface area contributed by atoms with Gasteiger partial charge in [-0.3, -0.25) is 6.08 Å². The Morgan fingerprint density at radius 3 is 1.23 bits per heavy atom. The minimum Gasteiger partial charge on any atom is -1.00 e. The quantitative estimate of drug-likeness (QED) is 0.532. The fraction of sp³-hybridized carbons (Fsp3) is 0.250. The van der Waals surface area contributed by atoms with Crippen LogP contribution in [-0.2, 0) is 21.7 Å². The molecule has 0 unspecified atom stereocenters. The first kappa shape index (κ1) is 30.1. The van der Waals surface area contributed by atoms with E-state index in [0.717, 1.165) is 0 Å². The third-order valence-electron chi connectivity index (χ3n) is 4.60. The smallest absolute Gasteiger partial charge is 0.335 e. The molecule has 6 heteroatoms. The fourth-order valence-corrected chi connectivity index (χ4v) is 2.57. The molecule has 0 saturated carbocycles. The van der Waals surface area contributed by atoms with Gasteiger partial charge in [0.25, 0.3) is 0 Å². The molecule has 0 radical (unpaired) electrons. The van der Waals surface area contributed by atoms with Gasteiger partial charge in [-0.2, -0.15) is 11.1 Å². The monoisotopic (exact) mass is 462 g/mol. The van der Waals surface area contributed by atoms with Crippen LogP contribution in [0.15, 0.2) is 77.4 Å². The van der Waals surface area contributed by atoms with Crippen LogP contribution in [-0.4, -0.2) is 22.2 Å². The Hall–Kier alpha value is -2.14. The molecular formula is C24H27ClO4Ti-2. The number of hydrogen-bond acceptors (Lipinski definition) is 2. The van der Waals surface area contributed by atoms with Crippen LogP contribution < -0.4 is 12.4 Å². The molecule has 0 saturated heterocycles. The number of hydrogen-bond donors (Lipinski definition) is 2. The Bertz CT molecular complexity index is 823. The zero-order valence-corrected chi connectivity index (χ0v) is 20.2. The minimum absolute atomic E-state index is 0. The molecule has 1 aliphatic carbocycles. The van der Waals surface area contributed by atoms with E-state index < -0.39 is 11.9 Å². The number of carboxylic acid groups (broad SMARTS) is 2. The molecule has 160 valence electrons. The van der Waals surface area contributed by atoms with Crippen LogP contribution in [0.5, 0.6) is 0 Å². The summed E-state index contributed by atoms with van der Waals surface area (Å²) in [4.78, 5) is 20.4. The summed E-state index contributed by atoms with van der Waals surface area (Å²) in [6.07, 6.45) is 3.44. The Morgan fingerprint density at radius 1 is 0.767 bits per heavy atom. The molecule has 0 aliphatic heterocycles. The third kappa shape index (κ3) is 9.58. The molecule has 0 fully saturated rings. The van der Waals surface area contributed by atoms with E-state index in [9.17, 15) is 9.59 Å². The van der Waals surface area contributed by atoms with Gasteiger partial charge >= 0.3 is 11.9 Å². The number of halogens is 1. The van der Waals surface area contributed by atoms with E-state index in [2.05, 4.69) is 40.7 Å². The summed E-state index contributed by atoms with van der Waals surface area (Å²) < 4.78 is 0. The maximum Gasteiger partial charge on any atom is 0.335 e. The van der Waals surface area contributed by atoms with Crippen molar-refractivity contribution in [2.75, 3.05) is 0 Å². The summed E-state index contributed by atoms with van der Waals surface area (Å²) >= 11 is 0. The van der Waals surface area contributed by atoms with E-state index in [1.807, 2.05) is 0 Å². The molecule has 3 rings (SSSR count). The molecule has 2 aromatic rings. The number of allylic oxidation sites excluding steroid dienone is 4. The first-order chi connectivity index (χ1) is 13.1. The summed E-state index contributed by atoms with van der Waals surface area (Å²) in [6, 6.07) is 16.6. The SMILES string of the molecule is CC1=[C-]C(C)(C)C(C)=C1C.O=C(O)c1ccccc1.O=C(O)c1ccccc1.[Cl-].[Ti]. The van der Waals surface area contributed by atoms with Crippen molar-refractivity contribution < 1.29 is 53.9 Å². The second kappa shape index (κ2) is 14.0. The van der Waals surface area contributed by atoms with Gasteiger partial charge in [-0.05, 0) is 24.3 Å². The van der Waals surface area contributed by atoms with Crippen LogP contribution >= 0.6 is 0 Å². The van der Waals surface area contributed by atoms with Crippen LogP contribution in [0.4, 0.5) is 0 Å². The standard InChI is InChI=1S/C10H15.2C7H6O2.ClH.Ti/c1-7-6-10(4,5)9(3)8(7)2;2*8-7(9)6-4-2-1-3-5-6;;/h1-5H3;2*1-5H,(H,8,9);1H;/q-1;;;;/p-1. The largest absolute Gasteiger partial charge is 1.00 e. The zero-order valence-electron chi connectivity index (χ0n) is 17.9. The van der Waals surface area contributed by atoms with Crippen molar-refractivity contribution in [3.63, 3.8) is 0 Å². The zero-order chi connectivity index (χ0) is 21.3. The van der Waals surface area contributed by atoms with Crippen LogP contribution in [0.3, 0.4) is 0 Å². The van der Waals surface area contributed by atoms with Crippen LogP contribution in [0.2, 0.25) is 0 Å². The summed E-state index contributed by atoms with van der Waals surface area (Å²) in [6.45, 7) is 10.9. The first-order valence-electron chi connectivity index (χ1n) is 8.93. The third-order valence-corrected chi connectivity index (χ3v) is 4.60. The molecule has 0 amide bonds. The molecule has 2 N–H and O–H groups in total. The van der Waals surface area contributed by atoms with Crippen LogP contribution in [0.25, 0.3) is 0 Å². The molecule has 0 heterocycles. The molecule has 2 aromatic carbocycles. The van der Waals surface area contributed by atoms with E-state index in [0.29, 0.717) is 11.1 Å². The van der Waals surface area contributed by atoms with Crippen molar-refractivity contribution in [3.8, 4) is 0 Å². The molecular weight excluding hydrogens is 436 g/mol. The Balaban J connectivity index is 0. The molecule has 0 atom stereocenters. The van der Waals surface area contributed by atoms with Crippen molar-refractivity contribution in [2.45, 2.75) is 34.6 Å². The summed E-state index contributed by atoms with van der Waals surface area (Å²) in [7, 11) is 0. The van der Waals surface area contributed by atoms with Crippen molar-refractivity contribution in [2.24, 2.45) is 5.41 Å². The molecule has 4 nitrogen and oxygen atoms in total. The number of rotatable bonds is 2. The summed E-state index contributed by atoms with van der Waals surface area (Å²) in [5.41, 5.74) is 5.06. The Labute approximate surface area is 200 Å². The van der Waals surface area contributed by atoms with Crippen molar-refractivity contribution in [3.05, 3.63) is 94.6 Å². The topological polar surface area (TPSA) is 74.6 Å². The molecule has 0 bridgehead atoms. The van der Waals surface area contributed by atoms with E-state index in [-0.39, 0.29) is 39.5 Å². The van der Waals surface area contributed by atoms with Crippen LogP contribution in [0, 0.1) is 11.5 Å². The fourth-order valence-electron chi connectivity index (χ4n) is 2.57. The van der Waals surface area contributed by atoms with Crippen molar-refractivity contribution >= 4 is 11.9 Å². The molecule has 0 spiro atoms.